The first kappa shape index (κ1) is 24.1. The van der Waals surface area contributed by atoms with Crippen LogP contribution in [0.2, 0.25) is 5.02 Å². The molecule has 2 aliphatic heterocycles. The highest BCUT2D eigenvalue weighted by molar-refractivity contribution is 7.94. The number of fused-ring (bicyclic) bond motifs is 2. The number of hydrogen-bond acceptors (Lipinski definition) is 7. The molecular formula is C25H27ClN2O6S. The van der Waals surface area contributed by atoms with Crippen LogP contribution >= 0.6 is 11.6 Å². The van der Waals surface area contributed by atoms with Crippen molar-refractivity contribution in [1.29, 1.82) is 0 Å². The van der Waals surface area contributed by atoms with E-state index in [0.717, 1.165) is 24.3 Å². The Bertz CT molecular complexity index is 1270. The lowest BCUT2D eigenvalue weighted by Crippen LogP contribution is -2.47. The minimum atomic E-state index is -3.81. The van der Waals surface area contributed by atoms with Crippen LogP contribution in [0.5, 0.6) is 5.75 Å². The first-order valence-electron chi connectivity index (χ1n) is 11.6. The van der Waals surface area contributed by atoms with Crippen molar-refractivity contribution < 1.29 is 27.5 Å². The zero-order valence-electron chi connectivity index (χ0n) is 19.4. The van der Waals surface area contributed by atoms with E-state index in [1.807, 2.05) is 12.1 Å². The highest BCUT2D eigenvalue weighted by Gasteiger charge is 2.62. The third-order valence-corrected chi connectivity index (χ3v) is 10.2. The summed E-state index contributed by atoms with van der Waals surface area (Å²) in [5, 5.41) is 3.62. The van der Waals surface area contributed by atoms with Gasteiger partial charge in [0, 0.05) is 17.3 Å². The monoisotopic (exact) mass is 518 g/mol. The Morgan fingerprint density at radius 3 is 2.40 bits per heavy atom. The summed E-state index contributed by atoms with van der Waals surface area (Å²) in [6.45, 7) is 2.64. The molecule has 8 nitrogen and oxygen atoms in total. The zero-order chi connectivity index (χ0) is 24.8. The van der Waals surface area contributed by atoms with Crippen LogP contribution in [0.15, 0.2) is 47.4 Å². The van der Waals surface area contributed by atoms with Crippen LogP contribution in [-0.4, -0.2) is 63.3 Å². The van der Waals surface area contributed by atoms with Crippen molar-refractivity contribution >= 4 is 39.0 Å². The molecule has 1 N–H and O–H groups in total. The number of methoxy groups -OCH3 is 1. The number of amides is 1. The number of esters is 1. The molecule has 0 radical (unpaired) electrons. The molecule has 0 bridgehead atoms. The van der Waals surface area contributed by atoms with Crippen molar-refractivity contribution in [2.75, 3.05) is 38.7 Å². The van der Waals surface area contributed by atoms with Crippen molar-refractivity contribution in [2.45, 2.75) is 40.7 Å². The summed E-state index contributed by atoms with van der Waals surface area (Å²) in [6, 6.07) is 11.7. The Balaban J connectivity index is 1.15. The Morgan fingerprint density at radius 1 is 1.09 bits per heavy atom. The first-order valence-corrected chi connectivity index (χ1v) is 13.5. The number of nitrogens with one attached hydrogen (secondary N) is 1. The van der Waals surface area contributed by atoms with Crippen LogP contribution in [0.1, 0.15) is 31.2 Å². The molecule has 2 heterocycles. The summed E-state index contributed by atoms with van der Waals surface area (Å²) in [5.41, 5.74) is 1.31. The van der Waals surface area contributed by atoms with E-state index in [-0.39, 0.29) is 23.6 Å². The van der Waals surface area contributed by atoms with Gasteiger partial charge in [0.2, 0.25) is 5.91 Å². The summed E-state index contributed by atoms with van der Waals surface area (Å²) in [4.78, 5) is 27.1. The number of piperidine rings is 1. The van der Waals surface area contributed by atoms with Gasteiger partial charge in [-0.25, -0.2) is 8.42 Å². The topological polar surface area (TPSA) is 102 Å². The van der Waals surface area contributed by atoms with Crippen molar-refractivity contribution in [3.63, 3.8) is 0 Å². The molecule has 5 rings (SSSR count). The average molecular weight is 519 g/mol. The van der Waals surface area contributed by atoms with Gasteiger partial charge in [-0.1, -0.05) is 11.6 Å². The molecule has 186 valence electrons. The minimum Gasteiger partial charge on any atom is -0.492 e. The standard InChI is InChI=1S/C25H27ClN2O6S/c1-33-23(30)25(8-9-25)35(31,32)19-5-3-18(4-6-19)34-15-14-28-12-10-24(11-13-28)20-16-17(26)2-7-21(20)27-22(24)29/h2-7,16H,8-15H2,1H3,(H,27,29). The Hall–Kier alpha value is -2.62. The maximum atomic E-state index is 12.9. The highest BCUT2D eigenvalue weighted by atomic mass is 35.5. The molecule has 2 aromatic carbocycles. The van der Waals surface area contributed by atoms with Gasteiger partial charge in [0.1, 0.15) is 12.4 Å². The number of nitrogens with zero attached hydrogens (tertiary/aromatic N) is 1. The number of ether oxygens (including phenoxy) is 2. The van der Waals surface area contributed by atoms with Gasteiger partial charge < -0.3 is 14.8 Å². The van der Waals surface area contributed by atoms with Crippen LogP contribution in [-0.2, 0) is 29.6 Å². The van der Waals surface area contributed by atoms with Crippen molar-refractivity contribution in [3.8, 4) is 5.75 Å². The van der Waals surface area contributed by atoms with Crippen molar-refractivity contribution in [2.24, 2.45) is 0 Å². The SMILES string of the molecule is COC(=O)C1(S(=O)(=O)c2ccc(OCCN3CCC4(CC3)C(=O)Nc3ccc(Cl)cc34)cc2)CC1. The van der Waals surface area contributed by atoms with Gasteiger partial charge >= 0.3 is 5.97 Å². The van der Waals surface area contributed by atoms with E-state index in [1.54, 1.807) is 18.2 Å². The number of benzene rings is 2. The second kappa shape index (κ2) is 8.80. The van der Waals surface area contributed by atoms with Crippen LogP contribution in [0.4, 0.5) is 5.69 Å². The lowest BCUT2D eigenvalue weighted by Gasteiger charge is -2.37. The van der Waals surface area contributed by atoms with Crippen molar-refractivity contribution in [3.05, 3.63) is 53.1 Å². The molecule has 2 fully saturated rings. The van der Waals surface area contributed by atoms with Crippen LogP contribution in [0.25, 0.3) is 0 Å². The molecule has 0 atom stereocenters. The number of anilines is 1. The molecule has 1 saturated heterocycles. The second-order valence-corrected chi connectivity index (χ2v) is 12.1. The number of likely N-dealkylation sites (tertiary alicyclic amines) is 1. The van der Waals surface area contributed by atoms with E-state index in [1.165, 1.54) is 19.2 Å². The van der Waals surface area contributed by atoms with E-state index in [0.29, 0.717) is 36.8 Å². The van der Waals surface area contributed by atoms with Gasteiger partial charge in [-0.2, -0.15) is 0 Å². The predicted octanol–water partition coefficient (Wildman–Crippen LogP) is 3.18. The number of halogens is 1. The lowest BCUT2D eigenvalue weighted by molar-refractivity contribution is -0.141. The van der Waals surface area contributed by atoms with Crippen LogP contribution in [0.3, 0.4) is 0 Å². The maximum Gasteiger partial charge on any atom is 0.327 e. The van der Waals surface area contributed by atoms with E-state index < -0.39 is 26.0 Å². The number of carbonyl (C=O) groups is 2. The van der Waals surface area contributed by atoms with E-state index in [9.17, 15) is 18.0 Å². The number of hydrogen-bond donors (Lipinski definition) is 1. The maximum absolute atomic E-state index is 12.9. The summed E-state index contributed by atoms with van der Waals surface area (Å²) in [6.07, 6.45) is 1.97. The van der Waals surface area contributed by atoms with Gasteiger partial charge in [0.05, 0.1) is 17.4 Å². The second-order valence-electron chi connectivity index (χ2n) is 9.38. The number of carbonyl (C=O) groups excluding carboxylic acids is 2. The third-order valence-electron chi connectivity index (χ3n) is 7.48. The van der Waals surface area contributed by atoms with Gasteiger partial charge in [0.25, 0.3) is 0 Å². The fourth-order valence-electron chi connectivity index (χ4n) is 5.16. The number of sulfone groups is 1. The summed E-state index contributed by atoms with van der Waals surface area (Å²) in [5.74, 6) is -0.109. The highest BCUT2D eigenvalue weighted by Crippen LogP contribution is 2.48. The Labute approximate surface area is 209 Å². The molecular weight excluding hydrogens is 492 g/mol. The molecule has 10 heteroatoms. The van der Waals surface area contributed by atoms with Gasteiger partial charge in [-0.15, -0.1) is 0 Å². The minimum absolute atomic E-state index is 0.0425. The smallest absolute Gasteiger partial charge is 0.327 e. The molecule has 0 unspecified atom stereocenters. The van der Waals surface area contributed by atoms with Crippen LogP contribution in [0, 0.1) is 0 Å². The fourth-order valence-corrected chi connectivity index (χ4v) is 7.22. The van der Waals surface area contributed by atoms with Gasteiger partial charge in [0.15, 0.2) is 14.6 Å². The summed E-state index contributed by atoms with van der Waals surface area (Å²) >= 11 is 6.19. The fraction of sp³-hybridized carbons (Fsp3) is 0.440. The summed E-state index contributed by atoms with van der Waals surface area (Å²) in [7, 11) is -2.61. The summed E-state index contributed by atoms with van der Waals surface area (Å²) < 4.78 is 34.9. The Kier molecular flexibility index (Phi) is 6.05. The van der Waals surface area contributed by atoms with E-state index in [2.05, 4.69) is 10.2 Å². The molecule has 1 saturated carbocycles. The molecule has 1 aliphatic carbocycles. The average Bonchev–Trinajstić information content (AvgIpc) is 3.64. The van der Waals surface area contributed by atoms with E-state index in [4.69, 9.17) is 21.1 Å². The molecule has 2 aromatic rings. The van der Waals surface area contributed by atoms with Crippen LogP contribution < -0.4 is 10.1 Å². The lowest BCUT2D eigenvalue weighted by atomic mass is 9.73. The van der Waals surface area contributed by atoms with Crippen molar-refractivity contribution in [1.82, 2.24) is 4.90 Å². The van der Waals surface area contributed by atoms with Gasteiger partial charge in [-0.05, 0) is 86.8 Å². The predicted molar refractivity (Wildman–Crippen MR) is 131 cm³/mol. The molecule has 35 heavy (non-hydrogen) atoms. The largest absolute Gasteiger partial charge is 0.492 e. The quantitative estimate of drug-likeness (QED) is 0.561. The molecule has 1 spiro atoms. The first-order chi connectivity index (χ1) is 16.7. The molecule has 0 aromatic heterocycles. The number of rotatable bonds is 7. The molecule has 3 aliphatic rings. The van der Waals surface area contributed by atoms with Gasteiger partial charge in [-0.3, -0.25) is 14.5 Å². The van der Waals surface area contributed by atoms with E-state index >= 15 is 0 Å². The molecule has 1 amide bonds. The normalized spacial score (nSPS) is 20.2. The Morgan fingerprint density at radius 2 is 1.77 bits per heavy atom. The zero-order valence-corrected chi connectivity index (χ0v) is 21.0. The third kappa shape index (κ3) is 3.99.